The topological polar surface area (TPSA) is 90.9 Å². The first-order chi connectivity index (χ1) is 13.1. The fourth-order valence-corrected chi connectivity index (χ4v) is 3.81. The van der Waals surface area contributed by atoms with E-state index in [0.29, 0.717) is 32.0 Å². The molecule has 0 aliphatic carbocycles. The average molecular weight is 536 g/mol. The van der Waals surface area contributed by atoms with Crippen LogP contribution in [0.25, 0.3) is 0 Å². The van der Waals surface area contributed by atoms with Gasteiger partial charge >= 0.3 is 0 Å². The van der Waals surface area contributed by atoms with Gasteiger partial charge in [0, 0.05) is 31.7 Å². The molecule has 2 rings (SSSR count). The lowest BCUT2D eigenvalue weighted by Gasteiger charge is -2.19. The Kier molecular flexibility index (Phi) is 9.87. The quantitative estimate of drug-likeness (QED) is 0.318. The third-order valence-electron chi connectivity index (χ3n) is 4.68. The van der Waals surface area contributed by atoms with Crippen molar-refractivity contribution in [1.29, 1.82) is 0 Å². The maximum Gasteiger partial charge on any atom is 0.227 e. The highest BCUT2D eigenvalue weighted by Gasteiger charge is 2.28. The van der Waals surface area contributed by atoms with Gasteiger partial charge in [-0.15, -0.1) is 24.0 Å². The summed E-state index contributed by atoms with van der Waals surface area (Å²) < 4.78 is 23.7. The molecule has 9 heteroatoms. The lowest BCUT2D eigenvalue weighted by Crippen LogP contribution is -2.41. The molecule has 0 radical (unpaired) electrons. The molecule has 0 spiro atoms. The summed E-state index contributed by atoms with van der Waals surface area (Å²) in [6, 6.07) is 7.84. The van der Waals surface area contributed by atoms with Gasteiger partial charge in [0.1, 0.15) is 0 Å². The van der Waals surface area contributed by atoms with E-state index >= 15 is 0 Å². The third-order valence-corrected chi connectivity index (χ3v) is 7.29. The lowest BCUT2D eigenvalue weighted by molar-refractivity contribution is -0.117. The van der Waals surface area contributed by atoms with Crippen LogP contribution in [-0.4, -0.2) is 50.4 Å². The smallest absolute Gasteiger partial charge is 0.227 e. The summed E-state index contributed by atoms with van der Waals surface area (Å²) in [6.07, 6.45) is 1.53. The van der Waals surface area contributed by atoms with E-state index in [2.05, 4.69) is 15.6 Å². The Balaban J connectivity index is 0.00000420. The Labute approximate surface area is 191 Å². The number of amides is 1. The maximum atomic E-state index is 12.2. The molecule has 0 unspecified atom stereocenters. The van der Waals surface area contributed by atoms with E-state index in [9.17, 15) is 13.2 Å². The molecule has 164 valence electrons. The van der Waals surface area contributed by atoms with Gasteiger partial charge in [0.05, 0.1) is 17.0 Å². The van der Waals surface area contributed by atoms with Crippen LogP contribution in [0.1, 0.15) is 46.1 Å². The molecule has 0 bridgehead atoms. The summed E-state index contributed by atoms with van der Waals surface area (Å²) in [5, 5.41) is 6.22. The monoisotopic (exact) mass is 536 g/mol. The number of guanidine groups is 1. The summed E-state index contributed by atoms with van der Waals surface area (Å²) in [6.45, 7) is 9.33. The van der Waals surface area contributed by atoms with Crippen molar-refractivity contribution in [3.05, 3.63) is 29.8 Å². The number of carbonyl (C=O) groups excluding carboxylic acids is 1. The van der Waals surface area contributed by atoms with E-state index in [0.717, 1.165) is 24.2 Å². The maximum absolute atomic E-state index is 12.2. The largest absolute Gasteiger partial charge is 0.357 e. The van der Waals surface area contributed by atoms with Gasteiger partial charge in [-0.05, 0) is 51.8 Å². The van der Waals surface area contributed by atoms with Crippen LogP contribution in [0.3, 0.4) is 0 Å². The van der Waals surface area contributed by atoms with Crippen LogP contribution in [0.15, 0.2) is 29.3 Å². The van der Waals surface area contributed by atoms with Crippen molar-refractivity contribution in [2.45, 2.75) is 51.8 Å². The lowest BCUT2D eigenvalue weighted by atomic mass is 10.2. The van der Waals surface area contributed by atoms with Crippen LogP contribution in [0.4, 0.5) is 5.69 Å². The zero-order valence-electron chi connectivity index (χ0n) is 17.7. The number of rotatable bonds is 7. The fraction of sp³-hybridized carbons (Fsp3) is 0.600. The minimum atomic E-state index is -3.17. The first kappa shape index (κ1) is 25.7. The molecule has 1 aromatic rings. The SMILES string of the molecule is CCNC(=NCc1ccc(N2CCCC2=O)cc1)NCCS(=O)(=O)C(C)(C)C.I. The molecule has 1 aliphatic heterocycles. The van der Waals surface area contributed by atoms with Crippen LogP contribution in [0, 0.1) is 0 Å². The number of sulfone groups is 1. The number of carbonyl (C=O) groups is 1. The zero-order valence-corrected chi connectivity index (χ0v) is 20.8. The molecule has 0 saturated carbocycles. The van der Waals surface area contributed by atoms with Crippen molar-refractivity contribution in [1.82, 2.24) is 10.6 Å². The molecule has 1 aliphatic rings. The number of anilines is 1. The van der Waals surface area contributed by atoms with Gasteiger partial charge in [-0.1, -0.05) is 12.1 Å². The highest BCUT2D eigenvalue weighted by atomic mass is 127. The number of halogens is 1. The molecule has 7 nitrogen and oxygen atoms in total. The Morgan fingerprint density at radius 1 is 1.17 bits per heavy atom. The average Bonchev–Trinajstić information content (AvgIpc) is 3.05. The molecular formula is C20H33IN4O3S. The van der Waals surface area contributed by atoms with Crippen LogP contribution >= 0.6 is 24.0 Å². The first-order valence-corrected chi connectivity index (χ1v) is 11.4. The minimum Gasteiger partial charge on any atom is -0.357 e. The first-order valence-electron chi connectivity index (χ1n) is 9.78. The number of benzene rings is 1. The van der Waals surface area contributed by atoms with Crippen molar-refractivity contribution in [2.24, 2.45) is 4.99 Å². The molecule has 0 aromatic heterocycles. The minimum absolute atomic E-state index is 0. The predicted octanol–water partition coefficient (Wildman–Crippen LogP) is 2.70. The van der Waals surface area contributed by atoms with Gasteiger partial charge < -0.3 is 15.5 Å². The second-order valence-corrected chi connectivity index (χ2v) is 10.7. The molecule has 1 amide bonds. The Hall–Kier alpha value is -1.36. The van der Waals surface area contributed by atoms with Crippen molar-refractivity contribution in [2.75, 3.05) is 30.3 Å². The van der Waals surface area contributed by atoms with Crippen LogP contribution in [0.2, 0.25) is 0 Å². The van der Waals surface area contributed by atoms with E-state index in [1.165, 1.54) is 0 Å². The van der Waals surface area contributed by atoms with Crippen molar-refractivity contribution < 1.29 is 13.2 Å². The number of hydrogen-bond acceptors (Lipinski definition) is 4. The summed E-state index contributed by atoms with van der Waals surface area (Å²) in [5.41, 5.74) is 1.95. The van der Waals surface area contributed by atoms with E-state index in [4.69, 9.17) is 0 Å². The molecule has 1 saturated heterocycles. The van der Waals surface area contributed by atoms with Crippen molar-refractivity contribution in [3.8, 4) is 0 Å². The van der Waals surface area contributed by atoms with Gasteiger partial charge in [-0.25, -0.2) is 13.4 Å². The normalized spacial score (nSPS) is 15.2. The summed E-state index contributed by atoms with van der Waals surface area (Å²) in [7, 11) is -3.17. The van der Waals surface area contributed by atoms with E-state index < -0.39 is 14.6 Å². The Morgan fingerprint density at radius 3 is 2.34 bits per heavy atom. The zero-order chi connectivity index (χ0) is 20.8. The van der Waals surface area contributed by atoms with E-state index in [1.54, 1.807) is 20.8 Å². The van der Waals surface area contributed by atoms with E-state index in [1.807, 2.05) is 36.1 Å². The standard InChI is InChI=1S/C20H32N4O3S.HI/c1-5-21-19(22-12-14-28(26,27)20(2,3)4)23-15-16-8-10-17(11-9-16)24-13-6-7-18(24)25;/h8-11H,5-7,12-15H2,1-4H3,(H2,21,22,23);1H. The number of nitrogens with one attached hydrogen (secondary N) is 2. The van der Waals surface area contributed by atoms with Gasteiger partial charge in [-0.3, -0.25) is 4.79 Å². The van der Waals surface area contributed by atoms with Gasteiger partial charge in [0.15, 0.2) is 15.8 Å². The van der Waals surface area contributed by atoms with E-state index in [-0.39, 0.29) is 35.6 Å². The number of nitrogens with zero attached hydrogens (tertiary/aromatic N) is 2. The molecule has 2 N–H and O–H groups in total. The van der Waals surface area contributed by atoms with Crippen LogP contribution in [0.5, 0.6) is 0 Å². The molecule has 1 aromatic carbocycles. The van der Waals surface area contributed by atoms with Gasteiger partial charge in [-0.2, -0.15) is 0 Å². The highest BCUT2D eigenvalue weighted by molar-refractivity contribution is 14.0. The van der Waals surface area contributed by atoms with Gasteiger partial charge in [0.2, 0.25) is 5.91 Å². The molecular weight excluding hydrogens is 503 g/mol. The van der Waals surface area contributed by atoms with Crippen molar-refractivity contribution >= 4 is 51.4 Å². The summed E-state index contributed by atoms with van der Waals surface area (Å²) in [4.78, 5) is 18.2. The molecule has 1 heterocycles. The van der Waals surface area contributed by atoms with Crippen LogP contribution in [-0.2, 0) is 21.2 Å². The molecule has 1 fully saturated rings. The van der Waals surface area contributed by atoms with Gasteiger partial charge in [0.25, 0.3) is 0 Å². The number of aliphatic imine (C=N–C) groups is 1. The third kappa shape index (κ3) is 7.44. The van der Waals surface area contributed by atoms with Crippen LogP contribution < -0.4 is 15.5 Å². The predicted molar refractivity (Wildman–Crippen MR) is 130 cm³/mol. The Morgan fingerprint density at radius 2 is 1.83 bits per heavy atom. The fourth-order valence-electron chi connectivity index (χ4n) is 2.82. The molecule has 29 heavy (non-hydrogen) atoms. The highest BCUT2D eigenvalue weighted by Crippen LogP contribution is 2.21. The Bertz CT molecular complexity index is 802. The molecule has 0 atom stereocenters. The van der Waals surface area contributed by atoms with Crippen molar-refractivity contribution in [3.63, 3.8) is 0 Å². The second-order valence-electron chi connectivity index (χ2n) is 7.87. The second kappa shape index (κ2) is 11.1. The summed E-state index contributed by atoms with van der Waals surface area (Å²) >= 11 is 0. The summed E-state index contributed by atoms with van der Waals surface area (Å²) in [5.74, 6) is 0.819. The number of hydrogen-bond donors (Lipinski definition) is 2.